The van der Waals surface area contributed by atoms with Crippen LogP contribution in [0.4, 0.5) is 0 Å². The Balaban J connectivity index is 1.38. The standard InChI is InChI=1S/C26H34N2O6/c1-18-4-3-12-28(18)17-22(26(30)19-5-10-23-24(16-19)34-15-14-33-23)27-25(29)11-13-32-21-8-6-20(31-2)7-9-21/h5-10,16,18,22,26,30H,3-4,11-15,17H2,1-2H3,(H,27,29)/t18-,22-,26+/m1/s1. The van der Waals surface area contributed by atoms with Gasteiger partial charge in [-0.1, -0.05) is 6.07 Å². The second-order valence-electron chi connectivity index (χ2n) is 8.78. The average Bonchev–Trinajstić information content (AvgIpc) is 3.27. The molecule has 0 aliphatic carbocycles. The SMILES string of the molecule is COc1ccc(OCCC(=O)N[C@H](CN2CCC[C@H]2C)[C@@H](O)c2ccc3c(c2)OCCO3)cc1. The number of likely N-dealkylation sites (tertiary alicyclic amines) is 1. The number of benzene rings is 2. The highest BCUT2D eigenvalue weighted by atomic mass is 16.6. The van der Waals surface area contributed by atoms with E-state index >= 15 is 0 Å². The predicted molar refractivity (Wildman–Crippen MR) is 128 cm³/mol. The van der Waals surface area contributed by atoms with Crippen LogP contribution in [0, 0.1) is 0 Å². The van der Waals surface area contributed by atoms with Gasteiger partial charge >= 0.3 is 0 Å². The predicted octanol–water partition coefficient (Wildman–Crippen LogP) is 2.94. The molecule has 0 unspecified atom stereocenters. The maximum absolute atomic E-state index is 12.8. The van der Waals surface area contributed by atoms with E-state index in [0.29, 0.717) is 48.6 Å². The van der Waals surface area contributed by atoms with Gasteiger partial charge in [0.25, 0.3) is 0 Å². The largest absolute Gasteiger partial charge is 0.497 e. The molecular formula is C26H34N2O6. The third-order valence-electron chi connectivity index (χ3n) is 6.41. The van der Waals surface area contributed by atoms with Gasteiger partial charge in [-0.3, -0.25) is 9.69 Å². The Bertz CT molecular complexity index is 951. The van der Waals surface area contributed by atoms with Gasteiger partial charge in [0.1, 0.15) is 30.8 Å². The average molecular weight is 471 g/mol. The van der Waals surface area contributed by atoms with Gasteiger partial charge in [-0.25, -0.2) is 0 Å². The van der Waals surface area contributed by atoms with E-state index < -0.39 is 12.1 Å². The first-order valence-corrected chi connectivity index (χ1v) is 11.9. The number of carbonyl (C=O) groups is 1. The molecule has 0 spiro atoms. The lowest BCUT2D eigenvalue weighted by Crippen LogP contribution is -2.48. The maximum atomic E-state index is 12.8. The zero-order valence-electron chi connectivity index (χ0n) is 19.9. The Morgan fingerprint density at radius 1 is 1.15 bits per heavy atom. The fourth-order valence-corrected chi connectivity index (χ4v) is 4.43. The topological polar surface area (TPSA) is 89.5 Å². The maximum Gasteiger partial charge on any atom is 0.223 e. The Morgan fingerprint density at radius 3 is 2.59 bits per heavy atom. The molecule has 2 heterocycles. The quantitative estimate of drug-likeness (QED) is 0.552. The summed E-state index contributed by atoms with van der Waals surface area (Å²) in [6.45, 7) is 4.95. The number of amides is 1. The monoisotopic (exact) mass is 470 g/mol. The first-order valence-electron chi connectivity index (χ1n) is 11.9. The zero-order valence-corrected chi connectivity index (χ0v) is 19.9. The molecule has 4 rings (SSSR count). The van der Waals surface area contributed by atoms with E-state index in [1.54, 1.807) is 25.3 Å². The third kappa shape index (κ3) is 6.12. The van der Waals surface area contributed by atoms with Gasteiger partial charge in [0.2, 0.25) is 5.91 Å². The van der Waals surface area contributed by atoms with Crippen molar-refractivity contribution in [1.82, 2.24) is 10.2 Å². The van der Waals surface area contributed by atoms with E-state index in [4.69, 9.17) is 18.9 Å². The number of methoxy groups -OCH3 is 1. The molecule has 0 radical (unpaired) electrons. The number of hydrogen-bond acceptors (Lipinski definition) is 7. The van der Waals surface area contributed by atoms with Gasteiger partial charge in [0.05, 0.1) is 26.2 Å². The van der Waals surface area contributed by atoms with Crippen molar-refractivity contribution < 1.29 is 28.8 Å². The van der Waals surface area contributed by atoms with Gasteiger partial charge in [-0.05, 0) is 68.3 Å². The van der Waals surface area contributed by atoms with Crippen LogP contribution in [0.15, 0.2) is 42.5 Å². The Kier molecular flexibility index (Phi) is 8.13. The van der Waals surface area contributed by atoms with Crippen LogP contribution in [0.3, 0.4) is 0 Å². The normalized spacial score (nSPS) is 19.3. The highest BCUT2D eigenvalue weighted by Crippen LogP contribution is 2.33. The molecule has 8 nitrogen and oxygen atoms in total. The molecule has 34 heavy (non-hydrogen) atoms. The molecular weight excluding hydrogens is 436 g/mol. The smallest absolute Gasteiger partial charge is 0.223 e. The molecule has 0 aromatic heterocycles. The van der Waals surface area contributed by atoms with Crippen molar-refractivity contribution >= 4 is 5.91 Å². The van der Waals surface area contributed by atoms with Crippen LogP contribution in [-0.4, -0.2) is 68.0 Å². The van der Waals surface area contributed by atoms with Crippen LogP contribution >= 0.6 is 0 Å². The molecule has 2 aromatic rings. The molecule has 2 aliphatic heterocycles. The summed E-state index contributed by atoms with van der Waals surface area (Å²) >= 11 is 0. The number of rotatable bonds is 10. The fraction of sp³-hybridized carbons (Fsp3) is 0.500. The fourth-order valence-electron chi connectivity index (χ4n) is 4.43. The number of aliphatic hydroxyl groups is 1. The number of nitrogens with zero attached hydrogens (tertiary/aromatic N) is 1. The van der Waals surface area contributed by atoms with E-state index in [0.717, 1.165) is 25.1 Å². The number of fused-ring (bicyclic) bond motifs is 1. The highest BCUT2D eigenvalue weighted by molar-refractivity contribution is 5.76. The summed E-state index contributed by atoms with van der Waals surface area (Å²) in [6, 6.07) is 12.6. The van der Waals surface area contributed by atoms with E-state index in [-0.39, 0.29) is 18.9 Å². The summed E-state index contributed by atoms with van der Waals surface area (Å²) < 4.78 is 22.1. The molecule has 2 aromatic carbocycles. The molecule has 0 saturated carbocycles. The van der Waals surface area contributed by atoms with Crippen LogP contribution in [-0.2, 0) is 4.79 Å². The lowest BCUT2D eigenvalue weighted by atomic mass is 10.0. The van der Waals surface area contributed by atoms with Crippen LogP contribution in [0.1, 0.15) is 37.9 Å². The summed E-state index contributed by atoms with van der Waals surface area (Å²) in [7, 11) is 1.61. The van der Waals surface area contributed by atoms with Crippen LogP contribution < -0.4 is 24.3 Å². The summed E-state index contributed by atoms with van der Waals surface area (Å²) in [5.41, 5.74) is 0.691. The number of nitrogens with one attached hydrogen (secondary N) is 1. The number of hydrogen-bond donors (Lipinski definition) is 2. The molecule has 0 bridgehead atoms. The lowest BCUT2D eigenvalue weighted by molar-refractivity contribution is -0.123. The third-order valence-corrected chi connectivity index (χ3v) is 6.41. The Labute approximate surface area is 200 Å². The molecule has 2 N–H and O–H groups in total. The first kappa shape index (κ1) is 24.2. The van der Waals surface area contributed by atoms with E-state index in [2.05, 4.69) is 17.1 Å². The van der Waals surface area contributed by atoms with Crippen molar-refractivity contribution in [3.63, 3.8) is 0 Å². The van der Waals surface area contributed by atoms with E-state index in [1.165, 1.54) is 0 Å². The highest BCUT2D eigenvalue weighted by Gasteiger charge is 2.30. The van der Waals surface area contributed by atoms with E-state index in [9.17, 15) is 9.90 Å². The zero-order chi connectivity index (χ0) is 23.9. The second-order valence-corrected chi connectivity index (χ2v) is 8.78. The molecule has 1 saturated heterocycles. The minimum Gasteiger partial charge on any atom is -0.497 e. The van der Waals surface area contributed by atoms with Gasteiger partial charge in [-0.15, -0.1) is 0 Å². The van der Waals surface area contributed by atoms with Gasteiger partial charge < -0.3 is 29.4 Å². The molecule has 1 fully saturated rings. The number of carbonyl (C=O) groups excluding carboxylic acids is 1. The van der Waals surface area contributed by atoms with Crippen molar-refractivity contribution in [1.29, 1.82) is 0 Å². The van der Waals surface area contributed by atoms with Crippen LogP contribution in [0.25, 0.3) is 0 Å². The second kappa shape index (κ2) is 11.4. The molecule has 1 amide bonds. The summed E-state index contributed by atoms with van der Waals surface area (Å²) in [6.07, 6.45) is 1.55. The van der Waals surface area contributed by atoms with Crippen molar-refractivity contribution in [2.24, 2.45) is 0 Å². The lowest BCUT2D eigenvalue weighted by Gasteiger charge is -2.31. The van der Waals surface area contributed by atoms with Gasteiger partial charge in [-0.2, -0.15) is 0 Å². The van der Waals surface area contributed by atoms with Crippen molar-refractivity contribution in [2.75, 3.05) is 40.0 Å². The minimum atomic E-state index is -0.880. The number of ether oxygens (including phenoxy) is 4. The summed E-state index contributed by atoms with van der Waals surface area (Å²) in [5, 5.41) is 14.3. The summed E-state index contributed by atoms with van der Waals surface area (Å²) in [4.78, 5) is 15.1. The molecule has 8 heteroatoms. The minimum absolute atomic E-state index is 0.165. The van der Waals surface area contributed by atoms with Crippen molar-refractivity contribution in [3.05, 3.63) is 48.0 Å². The molecule has 184 valence electrons. The molecule has 3 atom stereocenters. The van der Waals surface area contributed by atoms with Crippen molar-refractivity contribution in [2.45, 2.75) is 44.4 Å². The Morgan fingerprint density at radius 2 is 1.88 bits per heavy atom. The molecule has 2 aliphatic rings. The summed E-state index contributed by atoms with van der Waals surface area (Å²) in [5.74, 6) is 2.55. The van der Waals surface area contributed by atoms with Crippen molar-refractivity contribution in [3.8, 4) is 23.0 Å². The number of aliphatic hydroxyl groups excluding tert-OH is 1. The van der Waals surface area contributed by atoms with Crippen LogP contribution in [0.2, 0.25) is 0 Å². The van der Waals surface area contributed by atoms with E-state index in [1.807, 2.05) is 24.3 Å². The van der Waals surface area contributed by atoms with Crippen LogP contribution in [0.5, 0.6) is 23.0 Å². The first-order chi connectivity index (χ1) is 16.5. The Hall–Kier alpha value is -2.97. The van der Waals surface area contributed by atoms with Gasteiger partial charge in [0, 0.05) is 12.6 Å². The van der Waals surface area contributed by atoms with Gasteiger partial charge in [0.15, 0.2) is 11.5 Å².